The Bertz CT molecular complexity index is 189. The first kappa shape index (κ1) is 10.8. The van der Waals surface area contributed by atoms with E-state index in [0.29, 0.717) is 0 Å². The third-order valence-electron chi connectivity index (χ3n) is 2.33. The maximum absolute atomic E-state index is 3.28. The van der Waals surface area contributed by atoms with Crippen LogP contribution in [0.1, 0.15) is 51.0 Å². The van der Waals surface area contributed by atoms with Crippen molar-refractivity contribution in [3.8, 4) is 0 Å². The van der Waals surface area contributed by atoms with E-state index in [2.05, 4.69) is 23.8 Å². The highest BCUT2D eigenvalue weighted by atomic mass is 32.1. The topological polar surface area (TPSA) is 0 Å². The lowest BCUT2D eigenvalue weighted by Crippen LogP contribution is -1.83. The van der Waals surface area contributed by atoms with Crippen LogP contribution in [-0.4, -0.2) is 0 Å². The zero-order valence-corrected chi connectivity index (χ0v) is 9.33. The quantitative estimate of drug-likeness (QED) is 0.564. The van der Waals surface area contributed by atoms with Crippen LogP contribution in [0.25, 0.3) is 0 Å². The minimum absolute atomic E-state index is 1.23. The van der Waals surface area contributed by atoms with Gasteiger partial charge in [-0.2, -0.15) is 0 Å². The zero-order valence-electron chi connectivity index (χ0n) is 8.51. The van der Waals surface area contributed by atoms with E-state index in [1.807, 2.05) is 0 Å². The molecule has 0 N–H and O–H groups in total. The van der Waals surface area contributed by atoms with E-state index in [-0.39, 0.29) is 0 Å². The summed E-state index contributed by atoms with van der Waals surface area (Å²) in [5, 5.41) is 5.40. The molecule has 0 fully saturated rings. The number of unbranched alkanes of at least 4 members (excludes halogenated alkanes) is 5. The van der Waals surface area contributed by atoms with Gasteiger partial charge in [0.05, 0.1) is 0 Å². The van der Waals surface area contributed by atoms with E-state index >= 15 is 0 Å². The predicted octanol–water partition coefficient (Wildman–Crippen LogP) is 4.45. The van der Waals surface area contributed by atoms with Crippen LogP contribution in [0, 0.1) is 5.38 Å². The van der Waals surface area contributed by atoms with Crippen molar-refractivity contribution in [2.24, 2.45) is 0 Å². The number of hydrogen-bond acceptors (Lipinski definition) is 1. The van der Waals surface area contributed by atoms with Crippen LogP contribution in [0.3, 0.4) is 0 Å². The fourth-order valence-electron chi connectivity index (χ4n) is 1.49. The number of rotatable bonds is 7. The molecule has 0 unspecified atom stereocenters. The highest BCUT2D eigenvalue weighted by molar-refractivity contribution is 7.07. The number of thiophene rings is 1. The van der Waals surface area contributed by atoms with Crippen LogP contribution < -0.4 is 0 Å². The monoisotopic (exact) mass is 195 g/mol. The van der Waals surface area contributed by atoms with E-state index in [1.54, 1.807) is 11.3 Å². The second-order valence-corrected chi connectivity index (χ2v) is 4.28. The third-order valence-corrected chi connectivity index (χ3v) is 2.98. The number of aryl methyl sites for hydroxylation is 1. The molecule has 0 bridgehead atoms. The molecule has 0 aliphatic heterocycles. The molecule has 0 saturated heterocycles. The van der Waals surface area contributed by atoms with Gasteiger partial charge >= 0.3 is 0 Å². The highest BCUT2D eigenvalue weighted by Crippen LogP contribution is 2.11. The summed E-state index contributed by atoms with van der Waals surface area (Å²) in [6.45, 7) is 2.26. The Morgan fingerprint density at radius 2 is 1.92 bits per heavy atom. The van der Waals surface area contributed by atoms with Gasteiger partial charge in [-0.25, -0.2) is 0 Å². The van der Waals surface area contributed by atoms with Crippen molar-refractivity contribution in [1.29, 1.82) is 0 Å². The maximum atomic E-state index is 3.28. The molecular weight excluding hydrogens is 176 g/mol. The summed E-state index contributed by atoms with van der Waals surface area (Å²) in [6.07, 6.45) is 9.56. The molecule has 0 spiro atoms. The van der Waals surface area contributed by atoms with Gasteiger partial charge in [0.25, 0.3) is 0 Å². The van der Waals surface area contributed by atoms with Gasteiger partial charge in [-0.15, -0.1) is 11.3 Å². The summed E-state index contributed by atoms with van der Waals surface area (Å²) in [4.78, 5) is 0. The van der Waals surface area contributed by atoms with Gasteiger partial charge in [0, 0.05) is 5.38 Å². The molecule has 1 aromatic heterocycles. The summed E-state index contributed by atoms with van der Waals surface area (Å²) in [7, 11) is 0. The Hall–Kier alpha value is -0.300. The van der Waals surface area contributed by atoms with Crippen molar-refractivity contribution in [2.45, 2.75) is 51.9 Å². The summed E-state index contributed by atoms with van der Waals surface area (Å²) in [5.74, 6) is 0. The van der Waals surface area contributed by atoms with Crippen molar-refractivity contribution in [3.63, 3.8) is 0 Å². The maximum Gasteiger partial charge on any atom is 0.0477 e. The normalized spacial score (nSPS) is 10.5. The van der Waals surface area contributed by atoms with E-state index in [4.69, 9.17) is 0 Å². The van der Waals surface area contributed by atoms with E-state index in [0.717, 1.165) is 0 Å². The lowest BCUT2D eigenvalue weighted by atomic mass is 10.1. The minimum Gasteiger partial charge on any atom is -0.143 e. The Kier molecular flexibility index (Phi) is 5.92. The molecule has 1 aromatic rings. The zero-order chi connectivity index (χ0) is 9.36. The van der Waals surface area contributed by atoms with Crippen molar-refractivity contribution in [1.82, 2.24) is 0 Å². The largest absolute Gasteiger partial charge is 0.143 e. The highest BCUT2D eigenvalue weighted by Gasteiger charge is 1.93. The number of hydrogen-bond donors (Lipinski definition) is 0. The van der Waals surface area contributed by atoms with Gasteiger partial charge in [0.1, 0.15) is 0 Å². The van der Waals surface area contributed by atoms with Crippen molar-refractivity contribution in [2.75, 3.05) is 0 Å². The molecule has 0 nitrogen and oxygen atoms in total. The van der Waals surface area contributed by atoms with Crippen molar-refractivity contribution < 1.29 is 0 Å². The molecule has 0 saturated carbocycles. The van der Waals surface area contributed by atoms with Gasteiger partial charge in [-0.3, -0.25) is 0 Å². The molecule has 1 radical (unpaired) electrons. The van der Waals surface area contributed by atoms with Gasteiger partial charge in [-0.1, -0.05) is 39.0 Å². The van der Waals surface area contributed by atoms with Crippen LogP contribution in [0.15, 0.2) is 11.4 Å². The average Bonchev–Trinajstić information content (AvgIpc) is 2.63. The summed E-state index contributed by atoms with van der Waals surface area (Å²) >= 11 is 1.69. The second kappa shape index (κ2) is 7.14. The lowest BCUT2D eigenvalue weighted by molar-refractivity contribution is 0.608. The minimum atomic E-state index is 1.23. The van der Waals surface area contributed by atoms with Gasteiger partial charge in [-0.05, 0) is 29.9 Å². The molecule has 0 atom stereocenters. The molecule has 1 rings (SSSR count). The van der Waals surface area contributed by atoms with E-state index in [1.165, 1.54) is 50.5 Å². The van der Waals surface area contributed by atoms with Crippen molar-refractivity contribution >= 4 is 11.3 Å². The predicted molar refractivity (Wildman–Crippen MR) is 60.2 cm³/mol. The molecule has 73 valence electrons. The van der Waals surface area contributed by atoms with E-state index in [9.17, 15) is 0 Å². The molecule has 1 heteroatoms. The van der Waals surface area contributed by atoms with Gasteiger partial charge < -0.3 is 0 Å². The fourth-order valence-corrected chi connectivity index (χ4v) is 2.11. The fraction of sp³-hybridized carbons (Fsp3) is 0.667. The van der Waals surface area contributed by atoms with Crippen LogP contribution in [0.2, 0.25) is 0 Å². The van der Waals surface area contributed by atoms with Crippen LogP contribution >= 0.6 is 11.3 Å². The Labute approximate surface area is 86.0 Å². The van der Waals surface area contributed by atoms with Gasteiger partial charge in [0.15, 0.2) is 0 Å². The van der Waals surface area contributed by atoms with Gasteiger partial charge in [0.2, 0.25) is 0 Å². The molecule has 0 aliphatic carbocycles. The third kappa shape index (κ3) is 5.09. The molecule has 0 amide bonds. The van der Waals surface area contributed by atoms with E-state index < -0.39 is 0 Å². The molecule has 0 aromatic carbocycles. The average molecular weight is 195 g/mol. The van der Waals surface area contributed by atoms with Crippen LogP contribution in [0.5, 0.6) is 0 Å². The SMILES string of the molecule is CCCCCCCCc1[c]scc1. The van der Waals surface area contributed by atoms with Crippen LogP contribution in [0.4, 0.5) is 0 Å². The molecule has 1 heterocycles. The van der Waals surface area contributed by atoms with Crippen molar-refractivity contribution in [3.05, 3.63) is 22.4 Å². The standard InChI is InChI=1S/C12H19S/c1-2-3-4-5-6-7-8-12-9-10-13-11-12/h9-10H,2-8H2,1H3. The van der Waals surface area contributed by atoms with Crippen LogP contribution in [-0.2, 0) is 6.42 Å². The first-order valence-corrected chi connectivity index (χ1v) is 6.25. The Balaban J connectivity index is 1.90. The summed E-state index contributed by atoms with van der Waals surface area (Å²) in [5.41, 5.74) is 1.40. The molecular formula is C12H19S. The second-order valence-electron chi connectivity index (χ2n) is 3.57. The molecule has 0 aliphatic rings. The summed E-state index contributed by atoms with van der Waals surface area (Å²) in [6, 6.07) is 2.19. The Morgan fingerprint density at radius 3 is 2.62 bits per heavy atom. The first-order chi connectivity index (χ1) is 6.43. The molecule has 13 heavy (non-hydrogen) atoms. The lowest BCUT2D eigenvalue weighted by Gasteiger charge is -1.98. The first-order valence-electron chi connectivity index (χ1n) is 5.37. The summed E-state index contributed by atoms with van der Waals surface area (Å²) < 4.78 is 0. The Morgan fingerprint density at radius 1 is 1.15 bits per heavy atom. The smallest absolute Gasteiger partial charge is 0.0477 e.